The van der Waals surface area contributed by atoms with Crippen LogP contribution in [0.2, 0.25) is 5.02 Å². The smallest absolute Gasteiger partial charge is 0.397 e. The number of hydrogen-bond acceptors (Lipinski definition) is 8. The summed E-state index contributed by atoms with van der Waals surface area (Å²) in [6.45, 7) is 0. The summed E-state index contributed by atoms with van der Waals surface area (Å²) in [6.07, 6.45) is -3.68. The van der Waals surface area contributed by atoms with Crippen LogP contribution in [0.4, 0.5) is 39.3 Å². The summed E-state index contributed by atoms with van der Waals surface area (Å²) in [6, 6.07) is 0.238. The zero-order chi connectivity index (χ0) is 22.4. The summed E-state index contributed by atoms with van der Waals surface area (Å²) in [5.41, 5.74) is 8.03. The molecule has 1 aliphatic rings. The summed E-state index contributed by atoms with van der Waals surface area (Å²) in [5, 5.41) is 21.8. The Morgan fingerprint density at radius 1 is 1.17 bits per heavy atom. The van der Waals surface area contributed by atoms with Crippen LogP contribution in [-0.2, 0) is 6.18 Å². The zero-order valence-corrected chi connectivity index (χ0v) is 15.1. The lowest BCUT2D eigenvalue weighted by Gasteiger charge is -2.27. The monoisotopic (exact) mass is 442 g/mol. The molecule has 0 fully saturated rings. The van der Waals surface area contributed by atoms with Gasteiger partial charge in [-0.15, -0.1) is 0 Å². The van der Waals surface area contributed by atoms with Crippen molar-refractivity contribution in [2.75, 3.05) is 16.8 Å². The van der Waals surface area contributed by atoms with E-state index in [4.69, 9.17) is 28.3 Å². The van der Waals surface area contributed by atoms with Gasteiger partial charge in [-0.25, -0.2) is 18.8 Å². The average molecular weight is 443 g/mol. The Labute approximate surface area is 169 Å². The molecule has 0 radical (unpaired) electrons. The molecule has 30 heavy (non-hydrogen) atoms. The number of nitrogens with two attached hydrogens (primary N) is 2. The predicted octanol–water partition coefficient (Wildman–Crippen LogP) is 3.01. The van der Waals surface area contributed by atoms with Crippen LogP contribution >= 0.6 is 11.6 Å². The molecule has 1 atom stereocenters. The van der Waals surface area contributed by atoms with Crippen molar-refractivity contribution in [2.24, 2.45) is 4.99 Å². The number of anilines is 3. The SMILES string of the molecule is N#CNC1=NC(c2c(Cl)cc(C(F)(F)F)c(F)c2F)c2c(nc(N)c(C#N)c2N)N1. The number of rotatable bonds is 1. The van der Waals surface area contributed by atoms with Gasteiger partial charge in [0.05, 0.1) is 16.3 Å². The van der Waals surface area contributed by atoms with E-state index in [1.807, 2.05) is 0 Å². The standard InChI is InChI=1S/C16H8ClF5N8/c17-6-1-5(16(20,21)22)9(18)10(19)7(6)12-8-11(25)4(2-23)13(26)29-14(8)30-15(28-12)27-3-24/h1,12H,(H6,25,26,27,28,29,30). The number of pyridine rings is 1. The van der Waals surface area contributed by atoms with Gasteiger partial charge in [0.25, 0.3) is 0 Å². The van der Waals surface area contributed by atoms with Gasteiger partial charge < -0.3 is 16.8 Å². The number of nitrogens with zero attached hydrogens (tertiary/aromatic N) is 4. The average Bonchev–Trinajstić information content (AvgIpc) is 2.64. The summed E-state index contributed by atoms with van der Waals surface area (Å²) in [7, 11) is 0. The number of aliphatic imine (C=N–C) groups is 1. The van der Waals surface area contributed by atoms with Gasteiger partial charge in [0.1, 0.15) is 29.3 Å². The number of alkyl halides is 3. The predicted molar refractivity (Wildman–Crippen MR) is 95.8 cm³/mol. The highest BCUT2D eigenvalue weighted by Gasteiger charge is 2.40. The minimum atomic E-state index is -5.21. The third-order valence-corrected chi connectivity index (χ3v) is 4.44. The van der Waals surface area contributed by atoms with Crippen molar-refractivity contribution in [3.05, 3.63) is 45.0 Å². The Balaban J connectivity index is 2.36. The molecule has 6 N–H and O–H groups in total. The van der Waals surface area contributed by atoms with E-state index in [9.17, 15) is 27.2 Å². The third-order valence-electron chi connectivity index (χ3n) is 4.13. The first kappa shape index (κ1) is 20.9. The lowest BCUT2D eigenvalue weighted by atomic mass is 9.93. The van der Waals surface area contributed by atoms with Crippen molar-refractivity contribution in [3.8, 4) is 12.3 Å². The van der Waals surface area contributed by atoms with E-state index in [1.165, 1.54) is 6.19 Å². The first-order valence-corrected chi connectivity index (χ1v) is 8.12. The molecule has 154 valence electrons. The van der Waals surface area contributed by atoms with Gasteiger partial charge in [0.15, 0.2) is 17.8 Å². The molecule has 14 heteroatoms. The number of guanidine groups is 1. The number of hydrogen-bond donors (Lipinski definition) is 4. The molecule has 0 bridgehead atoms. The normalized spacial score (nSPS) is 15.3. The Morgan fingerprint density at radius 3 is 2.40 bits per heavy atom. The highest BCUT2D eigenvalue weighted by atomic mass is 35.5. The maximum absolute atomic E-state index is 14.8. The van der Waals surface area contributed by atoms with Crippen molar-refractivity contribution >= 4 is 34.9 Å². The maximum Gasteiger partial charge on any atom is 0.419 e. The van der Waals surface area contributed by atoms with Crippen molar-refractivity contribution in [1.82, 2.24) is 10.3 Å². The van der Waals surface area contributed by atoms with Gasteiger partial charge in [-0.3, -0.25) is 5.32 Å². The fraction of sp³-hybridized carbons (Fsp3) is 0.125. The van der Waals surface area contributed by atoms with E-state index in [2.05, 4.69) is 20.6 Å². The summed E-state index contributed by atoms with van der Waals surface area (Å²) in [4.78, 5) is 7.82. The molecule has 1 aromatic carbocycles. The van der Waals surface area contributed by atoms with Crippen molar-refractivity contribution < 1.29 is 22.0 Å². The summed E-state index contributed by atoms with van der Waals surface area (Å²) >= 11 is 5.86. The second-order valence-electron chi connectivity index (χ2n) is 5.85. The second-order valence-corrected chi connectivity index (χ2v) is 6.25. The van der Waals surface area contributed by atoms with E-state index in [1.54, 1.807) is 6.07 Å². The number of benzene rings is 1. The Kier molecular flexibility index (Phi) is 5.01. The molecule has 2 heterocycles. The number of halogens is 6. The second kappa shape index (κ2) is 7.20. The molecular weight excluding hydrogens is 435 g/mol. The van der Waals surface area contributed by atoms with Gasteiger partial charge in [0, 0.05) is 11.1 Å². The van der Waals surface area contributed by atoms with Crippen LogP contribution < -0.4 is 22.1 Å². The third kappa shape index (κ3) is 3.25. The molecule has 1 aliphatic heterocycles. The minimum absolute atomic E-state index is 0.183. The van der Waals surface area contributed by atoms with E-state index >= 15 is 0 Å². The molecular formula is C16H8ClF5N8. The van der Waals surface area contributed by atoms with Gasteiger partial charge >= 0.3 is 6.18 Å². The van der Waals surface area contributed by atoms with Crippen LogP contribution in [0.3, 0.4) is 0 Å². The van der Waals surface area contributed by atoms with Crippen LogP contribution in [0.1, 0.15) is 28.3 Å². The molecule has 2 aromatic rings. The molecule has 3 rings (SSSR count). The van der Waals surface area contributed by atoms with E-state index in [0.29, 0.717) is 0 Å². The van der Waals surface area contributed by atoms with Crippen molar-refractivity contribution in [2.45, 2.75) is 12.2 Å². The number of nitriles is 2. The Bertz CT molecular complexity index is 1180. The summed E-state index contributed by atoms with van der Waals surface area (Å²) in [5.74, 6) is -4.94. The number of nitrogen functional groups attached to an aromatic ring is 2. The largest absolute Gasteiger partial charge is 0.419 e. The molecule has 1 unspecified atom stereocenters. The van der Waals surface area contributed by atoms with Crippen molar-refractivity contribution in [1.29, 1.82) is 10.5 Å². The lowest BCUT2D eigenvalue weighted by Crippen LogP contribution is -2.33. The molecule has 1 aromatic heterocycles. The van der Waals surface area contributed by atoms with Gasteiger partial charge in [-0.1, -0.05) is 11.6 Å². The van der Waals surface area contributed by atoms with E-state index < -0.39 is 40.0 Å². The van der Waals surface area contributed by atoms with Gasteiger partial charge in [0.2, 0.25) is 5.96 Å². The Hall–Kier alpha value is -3.84. The number of fused-ring (bicyclic) bond motifs is 1. The van der Waals surface area contributed by atoms with Crippen LogP contribution in [0.15, 0.2) is 11.1 Å². The molecule has 0 spiro atoms. The number of nitrogens with one attached hydrogen (secondary N) is 2. The van der Waals surface area contributed by atoms with Crippen LogP contribution in [-0.4, -0.2) is 10.9 Å². The fourth-order valence-corrected chi connectivity index (χ4v) is 3.15. The van der Waals surface area contributed by atoms with Crippen LogP contribution in [0.25, 0.3) is 0 Å². The minimum Gasteiger partial charge on any atom is -0.397 e. The first-order chi connectivity index (χ1) is 14.0. The summed E-state index contributed by atoms with van der Waals surface area (Å²) < 4.78 is 67.9. The van der Waals surface area contributed by atoms with Crippen LogP contribution in [0, 0.1) is 34.4 Å². The first-order valence-electron chi connectivity index (χ1n) is 7.74. The van der Waals surface area contributed by atoms with Gasteiger partial charge in [-0.2, -0.15) is 23.7 Å². The highest BCUT2D eigenvalue weighted by molar-refractivity contribution is 6.31. The maximum atomic E-state index is 14.8. The topological polar surface area (TPSA) is 149 Å². The lowest BCUT2D eigenvalue weighted by molar-refractivity contribution is -0.140. The molecule has 0 saturated heterocycles. The molecule has 8 nitrogen and oxygen atoms in total. The Morgan fingerprint density at radius 2 is 1.83 bits per heavy atom. The quantitative estimate of drug-likeness (QED) is 0.229. The van der Waals surface area contributed by atoms with Gasteiger partial charge in [-0.05, 0) is 6.07 Å². The van der Waals surface area contributed by atoms with E-state index in [-0.39, 0.29) is 40.5 Å². The fourth-order valence-electron chi connectivity index (χ4n) is 2.86. The number of aromatic nitrogens is 1. The molecule has 0 saturated carbocycles. The van der Waals surface area contributed by atoms with Crippen molar-refractivity contribution in [3.63, 3.8) is 0 Å². The molecule has 0 amide bonds. The van der Waals surface area contributed by atoms with Crippen LogP contribution in [0.5, 0.6) is 0 Å². The zero-order valence-electron chi connectivity index (χ0n) is 14.4. The highest BCUT2D eigenvalue weighted by Crippen LogP contribution is 2.45. The van der Waals surface area contributed by atoms with E-state index in [0.717, 1.165) is 0 Å². The molecule has 0 aliphatic carbocycles.